The van der Waals surface area contributed by atoms with Gasteiger partial charge >= 0.3 is 0 Å². The Labute approximate surface area is 165 Å². The summed E-state index contributed by atoms with van der Waals surface area (Å²) in [6.07, 6.45) is 3.78. The summed E-state index contributed by atoms with van der Waals surface area (Å²) in [6, 6.07) is 8.56. The Kier molecular flexibility index (Phi) is 4.98. The molecule has 8 nitrogen and oxygen atoms in total. The Morgan fingerprint density at radius 2 is 2.04 bits per heavy atom. The van der Waals surface area contributed by atoms with Gasteiger partial charge in [-0.25, -0.2) is 9.97 Å². The molecule has 28 heavy (non-hydrogen) atoms. The highest BCUT2D eigenvalue weighted by atomic mass is 32.1. The molecule has 0 atom stereocenters. The number of rotatable bonds is 4. The van der Waals surface area contributed by atoms with Gasteiger partial charge in [0.05, 0.1) is 19.3 Å². The van der Waals surface area contributed by atoms with E-state index in [1.165, 1.54) is 18.4 Å². The summed E-state index contributed by atoms with van der Waals surface area (Å²) in [7, 11) is 1.49. The molecule has 2 amide bonds. The number of thiazole rings is 1. The minimum absolute atomic E-state index is 0.136. The van der Waals surface area contributed by atoms with Gasteiger partial charge in [0.25, 0.3) is 11.8 Å². The lowest BCUT2D eigenvalue weighted by atomic mass is 10.1. The molecule has 0 fully saturated rings. The number of fused-ring (bicyclic) bond motifs is 1. The number of carbonyl (C=O) groups excluding carboxylic acids is 2. The van der Waals surface area contributed by atoms with Crippen LogP contribution in [0.1, 0.15) is 31.4 Å². The zero-order valence-corrected chi connectivity index (χ0v) is 15.9. The number of hydrogen-bond acceptors (Lipinski definition) is 7. The van der Waals surface area contributed by atoms with Gasteiger partial charge in [-0.15, -0.1) is 0 Å². The third-order valence-electron chi connectivity index (χ3n) is 4.33. The Bertz CT molecular complexity index is 1020. The van der Waals surface area contributed by atoms with Crippen LogP contribution in [-0.2, 0) is 13.0 Å². The first-order chi connectivity index (χ1) is 13.7. The third-order valence-corrected chi connectivity index (χ3v) is 5.33. The van der Waals surface area contributed by atoms with Crippen molar-refractivity contribution in [3.63, 3.8) is 0 Å². The van der Waals surface area contributed by atoms with E-state index in [0.717, 1.165) is 10.6 Å². The predicted molar refractivity (Wildman–Crippen MR) is 104 cm³/mol. The van der Waals surface area contributed by atoms with Crippen molar-refractivity contribution >= 4 is 28.3 Å². The van der Waals surface area contributed by atoms with Crippen molar-refractivity contribution in [1.29, 1.82) is 0 Å². The number of aromatic nitrogens is 3. The maximum absolute atomic E-state index is 12.9. The summed E-state index contributed by atoms with van der Waals surface area (Å²) in [5.41, 5.74) is 1.67. The molecule has 1 N–H and O–H groups in total. The molecule has 142 valence electrons. The zero-order chi connectivity index (χ0) is 19.5. The zero-order valence-electron chi connectivity index (χ0n) is 15.1. The number of methoxy groups -OCH3 is 1. The van der Waals surface area contributed by atoms with E-state index in [1.54, 1.807) is 47.6 Å². The summed E-state index contributed by atoms with van der Waals surface area (Å²) in [6.45, 7) is 0.977. The monoisotopic (exact) mass is 395 g/mol. The first-order valence-corrected chi connectivity index (χ1v) is 9.46. The Morgan fingerprint density at radius 3 is 2.82 bits per heavy atom. The number of amides is 2. The highest BCUT2D eigenvalue weighted by molar-refractivity contribution is 7.15. The minimum atomic E-state index is -0.306. The molecule has 1 aliphatic heterocycles. The van der Waals surface area contributed by atoms with Gasteiger partial charge in [-0.05, 0) is 24.3 Å². The van der Waals surface area contributed by atoms with E-state index in [0.29, 0.717) is 41.8 Å². The smallest absolute Gasteiger partial charge is 0.276 e. The van der Waals surface area contributed by atoms with Crippen molar-refractivity contribution in [1.82, 2.24) is 19.9 Å². The second-order valence-corrected chi connectivity index (χ2v) is 7.18. The van der Waals surface area contributed by atoms with E-state index in [1.807, 2.05) is 0 Å². The predicted octanol–water partition coefficient (Wildman–Crippen LogP) is 2.39. The van der Waals surface area contributed by atoms with Gasteiger partial charge in [0.2, 0.25) is 5.88 Å². The van der Waals surface area contributed by atoms with Crippen LogP contribution in [0.5, 0.6) is 5.88 Å². The average molecular weight is 395 g/mol. The van der Waals surface area contributed by atoms with Gasteiger partial charge in [0.1, 0.15) is 11.3 Å². The Balaban J connectivity index is 1.49. The molecular formula is C19H17N5O3S. The highest BCUT2D eigenvalue weighted by Gasteiger charge is 2.27. The second-order valence-electron chi connectivity index (χ2n) is 6.09. The van der Waals surface area contributed by atoms with E-state index in [9.17, 15) is 9.59 Å². The van der Waals surface area contributed by atoms with Crippen molar-refractivity contribution < 1.29 is 14.3 Å². The standard InChI is InChI=1S/C19H17N5O3S/c1-27-17-12(5-4-9-21-17)18(26)24-10-7-13-15(11-24)28-19(22-13)23-16(25)14-6-2-3-8-20-14/h2-6,8-9H,7,10-11H2,1H3,(H,22,23,25). The lowest BCUT2D eigenvalue weighted by Gasteiger charge is -2.26. The molecule has 0 saturated carbocycles. The maximum Gasteiger partial charge on any atom is 0.276 e. The van der Waals surface area contributed by atoms with E-state index >= 15 is 0 Å². The number of hydrogen-bond donors (Lipinski definition) is 1. The molecule has 0 saturated heterocycles. The van der Waals surface area contributed by atoms with Gasteiger partial charge < -0.3 is 9.64 Å². The lowest BCUT2D eigenvalue weighted by Crippen LogP contribution is -2.35. The van der Waals surface area contributed by atoms with Crippen molar-refractivity contribution in [3.05, 3.63) is 64.6 Å². The van der Waals surface area contributed by atoms with Crippen LogP contribution in [0.15, 0.2) is 42.7 Å². The van der Waals surface area contributed by atoms with Crippen LogP contribution in [0.3, 0.4) is 0 Å². The van der Waals surface area contributed by atoms with Crippen molar-refractivity contribution in [2.75, 3.05) is 19.0 Å². The molecule has 9 heteroatoms. The Hall–Kier alpha value is -3.33. The average Bonchev–Trinajstić information content (AvgIpc) is 3.15. The fraction of sp³-hybridized carbons (Fsp3) is 0.211. The van der Waals surface area contributed by atoms with Gasteiger partial charge in [-0.1, -0.05) is 17.4 Å². The fourth-order valence-corrected chi connectivity index (χ4v) is 3.99. The lowest BCUT2D eigenvalue weighted by molar-refractivity contribution is 0.0731. The number of ether oxygens (including phenoxy) is 1. The van der Waals surface area contributed by atoms with Crippen LogP contribution in [0.25, 0.3) is 0 Å². The summed E-state index contributed by atoms with van der Waals surface area (Å²) >= 11 is 1.37. The van der Waals surface area contributed by atoms with Crippen LogP contribution < -0.4 is 10.1 Å². The molecule has 0 radical (unpaired) electrons. The van der Waals surface area contributed by atoms with Gasteiger partial charge in [-0.3, -0.25) is 19.9 Å². The van der Waals surface area contributed by atoms with E-state index in [-0.39, 0.29) is 11.8 Å². The molecule has 0 spiro atoms. The Morgan fingerprint density at radius 1 is 1.18 bits per heavy atom. The maximum atomic E-state index is 12.9. The number of nitrogens with one attached hydrogen (secondary N) is 1. The summed E-state index contributed by atoms with van der Waals surface area (Å²) < 4.78 is 5.19. The summed E-state index contributed by atoms with van der Waals surface area (Å²) in [5, 5.41) is 3.29. The quantitative estimate of drug-likeness (QED) is 0.729. The topological polar surface area (TPSA) is 97.3 Å². The molecule has 0 aliphatic carbocycles. The third kappa shape index (κ3) is 3.56. The minimum Gasteiger partial charge on any atom is -0.480 e. The summed E-state index contributed by atoms with van der Waals surface area (Å²) in [4.78, 5) is 40.5. The van der Waals surface area contributed by atoms with Gasteiger partial charge in [0.15, 0.2) is 5.13 Å². The largest absolute Gasteiger partial charge is 0.480 e. The molecule has 1 aliphatic rings. The van der Waals surface area contributed by atoms with Crippen LogP contribution in [0.2, 0.25) is 0 Å². The molecule has 4 heterocycles. The molecule has 4 rings (SSSR count). The second kappa shape index (κ2) is 7.73. The normalized spacial score (nSPS) is 13.0. The first-order valence-electron chi connectivity index (χ1n) is 8.65. The molecule has 3 aromatic rings. The van der Waals surface area contributed by atoms with Crippen LogP contribution in [-0.4, -0.2) is 45.3 Å². The number of nitrogens with zero attached hydrogens (tertiary/aromatic N) is 4. The number of pyridine rings is 2. The van der Waals surface area contributed by atoms with E-state index in [2.05, 4.69) is 20.3 Å². The molecule has 3 aromatic heterocycles. The van der Waals surface area contributed by atoms with Gasteiger partial charge in [0, 0.05) is 30.2 Å². The molecular weight excluding hydrogens is 378 g/mol. The number of anilines is 1. The van der Waals surface area contributed by atoms with E-state index in [4.69, 9.17) is 4.74 Å². The number of carbonyl (C=O) groups is 2. The molecule has 0 aromatic carbocycles. The van der Waals surface area contributed by atoms with Crippen LogP contribution in [0, 0.1) is 0 Å². The highest BCUT2D eigenvalue weighted by Crippen LogP contribution is 2.30. The van der Waals surface area contributed by atoms with Crippen molar-refractivity contribution in [2.24, 2.45) is 0 Å². The molecule has 0 unspecified atom stereocenters. The van der Waals surface area contributed by atoms with Crippen LogP contribution >= 0.6 is 11.3 Å². The van der Waals surface area contributed by atoms with Gasteiger partial charge in [-0.2, -0.15) is 0 Å². The summed E-state index contributed by atoms with van der Waals surface area (Å²) in [5.74, 6) is -0.131. The van der Waals surface area contributed by atoms with E-state index < -0.39 is 0 Å². The van der Waals surface area contributed by atoms with Crippen molar-refractivity contribution in [3.8, 4) is 5.88 Å². The van der Waals surface area contributed by atoms with Crippen LogP contribution in [0.4, 0.5) is 5.13 Å². The first kappa shape index (κ1) is 18.1. The SMILES string of the molecule is COc1ncccc1C(=O)N1CCc2nc(NC(=O)c3ccccn3)sc2C1. The fourth-order valence-electron chi connectivity index (χ4n) is 2.97. The van der Waals surface area contributed by atoms with Crippen molar-refractivity contribution in [2.45, 2.75) is 13.0 Å². The molecule has 0 bridgehead atoms.